The molecular formula is C13H26N2S. The van der Waals surface area contributed by atoms with Gasteiger partial charge in [-0.15, -0.1) is 0 Å². The number of hydrogen-bond donors (Lipinski definition) is 2. The van der Waals surface area contributed by atoms with Crippen molar-refractivity contribution in [3.8, 4) is 0 Å². The molecule has 2 rings (SSSR count). The molecule has 0 radical (unpaired) electrons. The van der Waals surface area contributed by atoms with Gasteiger partial charge in [0.05, 0.1) is 0 Å². The summed E-state index contributed by atoms with van der Waals surface area (Å²) >= 11 is 2.07. The first kappa shape index (κ1) is 12.7. The lowest BCUT2D eigenvalue weighted by Gasteiger charge is -2.23. The third-order valence-corrected chi connectivity index (χ3v) is 6.19. The van der Waals surface area contributed by atoms with Crippen LogP contribution in [0.25, 0.3) is 0 Å². The summed E-state index contributed by atoms with van der Waals surface area (Å²) in [6, 6.07) is 0.684. The predicted molar refractivity (Wildman–Crippen MR) is 73.0 cm³/mol. The van der Waals surface area contributed by atoms with Crippen molar-refractivity contribution in [2.75, 3.05) is 31.1 Å². The van der Waals surface area contributed by atoms with Crippen LogP contribution in [0.5, 0.6) is 0 Å². The lowest BCUT2D eigenvalue weighted by molar-refractivity contribution is 0.457. The van der Waals surface area contributed by atoms with Crippen LogP contribution in [0, 0.1) is 16.7 Å². The molecule has 1 saturated carbocycles. The fraction of sp³-hybridized carbons (Fsp3) is 1.00. The predicted octanol–water partition coefficient (Wildman–Crippen LogP) is 1.96. The van der Waals surface area contributed by atoms with E-state index < -0.39 is 0 Å². The lowest BCUT2D eigenvalue weighted by Crippen LogP contribution is -2.44. The first-order valence-corrected chi connectivity index (χ1v) is 7.63. The summed E-state index contributed by atoms with van der Waals surface area (Å²) < 4.78 is 0. The summed E-state index contributed by atoms with van der Waals surface area (Å²) in [5.41, 5.74) is 1.05. The van der Waals surface area contributed by atoms with Crippen molar-refractivity contribution in [3.63, 3.8) is 0 Å². The Labute approximate surface area is 104 Å². The van der Waals surface area contributed by atoms with E-state index in [1.54, 1.807) is 0 Å². The van der Waals surface area contributed by atoms with E-state index in [4.69, 9.17) is 0 Å². The van der Waals surface area contributed by atoms with Crippen LogP contribution in [-0.4, -0.2) is 37.2 Å². The summed E-state index contributed by atoms with van der Waals surface area (Å²) in [7, 11) is 0. The van der Waals surface area contributed by atoms with Gasteiger partial charge in [0.1, 0.15) is 0 Å². The first-order valence-electron chi connectivity index (χ1n) is 6.48. The highest BCUT2D eigenvalue weighted by molar-refractivity contribution is 7.99. The average molecular weight is 242 g/mol. The number of nitrogens with one attached hydrogen (secondary N) is 2. The van der Waals surface area contributed by atoms with E-state index in [0.717, 1.165) is 12.5 Å². The lowest BCUT2D eigenvalue weighted by atomic mass is 10.0. The highest BCUT2D eigenvalue weighted by Gasteiger charge is 2.63. The minimum Gasteiger partial charge on any atom is -0.315 e. The highest BCUT2D eigenvalue weighted by Crippen LogP contribution is 2.67. The number of thioether (sulfide) groups is 1. The van der Waals surface area contributed by atoms with Crippen LogP contribution in [0.4, 0.5) is 0 Å². The van der Waals surface area contributed by atoms with E-state index in [0.29, 0.717) is 16.9 Å². The maximum atomic E-state index is 3.65. The van der Waals surface area contributed by atoms with Gasteiger partial charge in [-0.25, -0.2) is 0 Å². The smallest absolute Gasteiger partial charge is 0.0283 e. The van der Waals surface area contributed by atoms with Gasteiger partial charge in [-0.3, -0.25) is 0 Å². The van der Waals surface area contributed by atoms with Crippen LogP contribution in [0.3, 0.4) is 0 Å². The molecule has 1 heterocycles. The van der Waals surface area contributed by atoms with Gasteiger partial charge in [-0.05, 0) is 23.3 Å². The second kappa shape index (κ2) is 4.51. The van der Waals surface area contributed by atoms with Gasteiger partial charge >= 0.3 is 0 Å². The molecule has 0 aromatic heterocycles. The normalized spacial score (nSPS) is 32.6. The topological polar surface area (TPSA) is 24.1 Å². The van der Waals surface area contributed by atoms with E-state index in [2.05, 4.69) is 50.1 Å². The van der Waals surface area contributed by atoms with E-state index in [1.807, 2.05) is 0 Å². The quantitative estimate of drug-likeness (QED) is 0.788. The molecule has 0 bridgehead atoms. The monoisotopic (exact) mass is 242 g/mol. The molecule has 16 heavy (non-hydrogen) atoms. The van der Waals surface area contributed by atoms with Crippen molar-refractivity contribution in [1.82, 2.24) is 10.6 Å². The minimum atomic E-state index is 0.523. The van der Waals surface area contributed by atoms with E-state index in [9.17, 15) is 0 Å². The van der Waals surface area contributed by atoms with Crippen molar-refractivity contribution >= 4 is 11.8 Å². The Hall–Kier alpha value is 0.270. The molecule has 1 aliphatic carbocycles. The molecule has 1 saturated heterocycles. The van der Waals surface area contributed by atoms with Gasteiger partial charge in [0, 0.05) is 30.6 Å². The zero-order chi connectivity index (χ0) is 11.8. The minimum absolute atomic E-state index is 0.523. The molecule has 2 N–H and O–H groups in total. The summed E-state index contributed by atoms with van der Waals surface area (Å²) in [6.07, 6.45) is 0. The molecule has 2 aliphatic rings. The number of rotatable bonds is 4. The zero-order valence-electron chi connectivity index (χ0n) is 11.1. The molecule has 1 unspecified atom stereocenters. The maximum Gasteiger partial charge on any atom is 0.0283 e. The SMILES string of the molecule is CC1(C)C(CNCC2CSCCN2)C1(C)C. The van der Waals surface area contributed by atoms with Gasteiger partial charge in [0.2, 0.25) is 0 Å². The van der Waals surface area contributed by atoms with Crippen LogP contribution in [0.1, 0.15) is 27.7 Å². The van der Waals surface area contributed by atoms with Crippen LogP contribution < -0.4 is 10.6 Å². The fourth-order valence-electron chi connectivity index (χ4n) is 3.00. The average Bonchev–Trinajstić information content (AvgIpc) is 2.62. The van der Waals surface area contributed by atoms with E-state index >= 15 is 0 Å². The number of hydrogen-bond acceptors (Lipinski definition) is 3. The standard InChI is InChI=1S/C13H26N2S/c1-12(2)11(13(12,3)4)8-14-7-10-9-16-6-5-15-10/h10-11,14-15H,5-9H2,1-4H3. The molecule has 1 atom stereocenters. The molecule has 2 nitrogen and oxygen atoms in total. The van der Waals surface area contributed by atoms with E-state index in [-0.39, 0.29) is 0 Å². The van der Waals surface area contributed by atoms with Crippen molar-refractivity contribution in [2.45, 2.75) is 33.7 Å². The third-order valence-electron chi connectivity index (χ3n) is 5.06. The Morgan fingerprint density at radius 1 is 1.19 bits per heavy atom. The maximum absolute atomic E-state index is 3.65. The van der Waals surface area contributed by atoms with Gasteiger partial charge in [0.15, 0.2) is 0 Å². The fourth-order valence-corrected chi connectivity index (χ4v) is 3.95. The molecule has 3 heteroatoms. The molecule has 1 aliphatic heterocycles. The van der Waals surface area contributed by atoms with Crippen molar-refractivity contribution in [3.05, 3.63) is 0 Å². The zero-order valence-corrected chi connectivity index (χ0v) is 11.9. The van der Waals surface area contributed by atoms with Gasteiger partial charge in [-0.2, -0.15) is 11.8 Å². The Morgan fingerprint density at radius 3 is 2.38 bits per heavy atom. The molecular weight excluding hydrogens is 216 g/mol. The third kappa shape index (κ3) is 2.27. The molecule has 0 amide bonds. The van der Waals surface area contributed by atoms with Crippen LogP contribution in [0.15, 0.2) is 0 Å². The first-order chi connectivity index (χ1) is 7.46. The van der Waals surface area contributed by atoms with E-state index in [1.165, 1.54) is 24.6 Å². The summed E-state index contributed by atoms with van der Waals surface area (Å²) in [4.78, 5) is 0. The molecule has 2 fully saturated rings. The van der Waals surface area contributed by atoms with Crippen molar-refractivity contribution in [2.24, 2.45) is 16.7 Å². The van der Waals surface area contributed by atoms with Crippen molar-refractivity contribution < 1.29 is 0 Å². The second-order valence-electron chi connectivity index (χ2n) is 6.38. The molecule has 0 spiro atoms. The van der Waals surface area contributed by atoms with Gasteiger partial charge < -0.3 is 10.6 Å². The summed E-state index contributed by atoms with van der Waals surface area (Å²) in [5.74, 6) is 3.39. The van der Waals surface area contributed by atoms with Crippen molar-refractivity contribution in [1.29, 1.82) is 0 Å². The Morgan fingerprint density at radius 2 is 1.88 bits per heavy atom. The largest absolute Gasteiger partial charge is 0.315 e. The Kier molecular flexibility index (Phi) is 3.58. The van der Waals surface area contributed by atoms with Crippen LogP contribution in [-0.2, 0) is 0 Å². The second-order valence-corrected chi connectivity index (χ2v) is 7.53. The molecule has 0 aromatic carbocycles. The Balaban J connectivity index is 1.66. The highest BCUT2D eigenvalue weighted by atomic mass is 32.2. The van der Waals surface area contributed by atoms with Gasteiger partial charge in [0.25, 0.3) is 0 Å². The van der Waals surface area contributed by atoms with Crippen LogP contribution >= 0.6 is 11.8 Å². The van der Waals surface area contributed by atoms with Crippen LogP contribution in [0.2, 0.25) is 0 Å². The summed E-state index contributed by atoms with van der Waals surface area (Å²) in [5, 5.41) is 7.22. The Bertz CT molecular complexity index is 230. The molecule has 94 valence electrons. The molecule has 0 aromatic rings. The van der Waals surface area contributed by atoms with Gasteiger partial charge in [-0.1, -0.05) is 27.7 Å². The summed E-state index contributed by atoms with van der Waals surface area (Å²) in [6.45, 7) is 13.1.